The Labute approximate surface area is 201 Å². The van der Waals surface area contributed by atoms with E-state index in [0.717, 1.165) is 43.1 Å². The van der Waals surface area contributed by atoms with Crippen LogP contribution in [-0.2, 0) is 11.3 Å². The molecule has 7 heteroatoms. The fourth-order valence-electron chi connectivity index (χ4n) is 3.95. The summed E-state index contributed by atoms with van der Waals surface area (Å²) in [6.45, 7) is 6.80. The van der Waals surface area contributed by atoms with Gasteiger partial charge in [0.1, 0.15) is 5.82 Å². The third-order valence-corrected chi connectivity index (χ3v) is 5.91. The van der Waals surface area contributed by atoms with E-state index in [-0.39, 0.29) is 5.91 Å². The average Bonchev–Trinajstić information content (AvgIpc) is 2.86. The molecule has 2 N–H and O–H groups in total. The summed E-state index contributed by atoms with van der Waals surface area (Å²) in [7, 11) is 0. The van der Waals surface area contributed by atoms with Crippen LogP contribution in [0.1, 0.15) is 21.5 Å². The lowest BCUT2D eigenvalue weighted by molar-refractivity contribution is 0.00912. The summed E-state index contributed by atoms with van der Waals surface area (Å²) in [6, 6.07) is 21.3. The van der Waals surface area contributed by atoms with Crippen LogP contribution in [-0.4, -0.2) is 66.3 Å². The van der Waals surface area contributed by atoms with Crippen LogP contribution in [0.4, 0.5) is 11.5 Å². The second-order valence-corrected chi connectivity index (χ2v) is 8.67. The number of hydrogen-bond donors (Lipinski definition) is 2. The molecule has 1 atom stereocenters. The number of carbonyl (C=O) groups is 1. The Balaban J connectivity index is 1.18. The van der Waals surface area contributed by atoms with E-state index >= 15 is 0 Å². The Morgan fingerprint density at radius 2 is 1.76 bits per heavy atom. The third kappa shape index (κ3) is 6.87. The number of piperazine rings is 1. The van der Waals surface area contributed by atoms with Gasteiger partial charge in [0.25, 0.3) is 5.91 Å². The fourth-order valence-corrected chi connectivity index (χ4v) is 3.95. The van der Waals surface area contributed by atoms with E-state index in [0.29, 0.717) is 31.0 Å². The van der Waals surface area contributed by atoms with Crippen molar-refractivity contribution >= 4 is 17.4 Å². The first kappa shape index (κ1) is 23.9. The highest BCUT2D eigenvalue weighted by Gasteiger charge is 2.20. The van der Waals surface area contributed by atoms with Gasteiger partial charge in [-0.15, -0.1) is 0 Å². The van der Waals surface area contributed by atoms with Crippen molar-refractivity contribution < 1.29 is 14.6 Å². The topological polar surface area (TPSA) is 77.9 Å². The number of aryl methyl sites for hydroxylation is 1. The van der Waals surface area contributed by atoms with Crippen molar-refractivity contribution in [2.45, 2.75) is 19.6 Å². The highest BCUT2D eigenvalue weighted by Crippen LogP contribution is 2.17. The van der Waals surface area contributed by atoms with Gasteiger partial charge in [0, 0.05) is 38.3 Å². The van der Waals surface area contributed by atoms with E-state index in [1.807, 2.05) is 73.7 Å². The summed E-state index contributed by atoms with van der Waals surface area (Å²) in [5.41, 5.74) is 3.52. The standard InChI is InChI=1S/C27H32N4O3/c1-21-7-9-23(10-8-21)27(33)29-24-11-12-26(28-17-24)31-15-13-30(14-16-31)18-25(32)20-34-19-22-5-3-2-4-6-22/h2-12,17,25,32H,13-16,18-20H2,1H3,(H,29,33). The number of aliphatic hydroxyl groups excluding tert-OH is 1. The van der Waals surface area contributed by atoms with Crippen LogP contribution in [0.2, 0.25) is 0 Å². The zero-order valence-electron chi connectivity index (χ0n) is 19.6. The first-order valence-electron chi connectivity index (χ1n) is 11.7. The minimum Gasteiger partial charge on any atom is -0.389 e. The van der Waals surface area contributed by atoms with Crippen molar-refractivity contribution in [2.75, 3.05) is 49.5 Å². The van der Waals surface area contributed by atoms with Gasteiger partial charge in [-0.1, -0.05) is 48.0 Å². The van der Waals surface area contributed by atoms with Crippen molar-refractivity contribution in [1.29, 1.82) is 0 Å². The van der Waals surface area contributed by atoms with Crippen LogP contribution in [0.3, 0.4) is 0 Å². The lowest BCUT2D eigenvalue weighted by atomic mass is 10.1. The number of pyridine rings is 1. The Hall–Kier alpha value is -3.26. The molecule has 1 aliphatic heterocycles. The van der Waals surface area contributed by atoms with Gasteiger partial charge in [-0.3, -0.25) is 9.69 Å². The number of hydrogen-bond acceptors (Lipinski definition) is 6. The lowest BCUT2D eigenvalue weighted by Crippen LogP contribution is -2.49. The number of ether oxygens (including phenoxy) is 1. The number of benzene rings is 2. The maximum atomic E-state index is 12.4. The van der Waals surface area contributed by atoms with E-state index in [9.17, 15) is 9.90 Å². The first-order valence-corrected chi connectivity index (χ1v) is 11.7. The molecular formula is C27H32N4O3. The molecule has 1 aromatic heterocycles. The highest BCUT2D eigenvalue weighted by molar-refractivity contribution is 6.04. The van der Waals surface area contributed by atoms with Crippen molar-refractivity contribution in [1.82, 2.24) is 9.88 Å². The van der Waals surface area contributed by atoms with Gasteiger partial charge in [-0.25, -0.2) is 4.98 Å². The molecule has 1 saturated heterocycles. The molecule has 3 aromatic rings. The Morgan fingerprint density at radius 3 is 2.44 bits per heavy atom. The second kappa shape index (κ2) is 11.7. The number of nitrogens with one attached hydrogen (secondary N) is 1. The van der Waals surface area contributed by atoms with Crippen LogP contribution in [0.15, 0.2) is 72.9 Å². The normalized spacial score (nSPS) is 15.2. The summed E-state index contributed by atoms with van der Waals surface area (Å²) in [4.78, 5) is 21.4. The van der Waals surface area contributed by atoms with Crippen molar-refractivity contribution in [2.24, 2.45) is 0 Å². The fraction of sp³-hybridized carbons (Fsp3) is 0.333. The predicted octanol–water partition coefficient (Wildman–Crippen LogP) is 3.34. The third-order valence-electron chi connectivity index (χ3n) is 5.91. The van der Waals surface area contributed by atoms with Crippen LogP contribution < -0.4 is 10.2 Å². The number of rotatable bonds is 9. The highest BCUT2D eigenvalue weighted by atomic mass is 16.5. The Kier molecular flexibility index (Phi) is 8.25. The molecular weight excluding hydrogens is 428 g/mol. The van der Waals surface area contributed by atoms with Crippen molar-refractivity contribution in [3.8, 4) is 0 Å². The van der Waals surface area contributed by atoms with Gasteiger partial charge in [0.2, 0.25) is 0 Å². The molecule has 0 aliphatic carbocycles. The molecule has 0 spiro atoms. The average molecular weight is 461 g/mol. The second-order valence-electron chi connectivity index (χ2n) is 8.67. The summed E-state index contributed by atoms with van der Waals surface area (Å²) in [5.74, 6) is 0.745. The number of aliphatic hydroxyl groups is 1. The number of β-amino-alcohol motifs (C(OH)–C–C–N with tert-alkyl or cyclic N) is 1. The minimum absolute atomic E-state index is 0.144. The van der Waals surface area contributed by atoms with E-state index in [4.69, 9.17) is 4.74 Å². The molecule has 1 unspecified atom stereocenters. The van der Waals surface area contributed by atoms with Crippen molar-refractivity contribution in [3.63, 3.8) is 0 Å². The van der Waals surface area contributed by atoms with Crippen LogP contribution in [0.25, 0.3) is 0 Å². The molecule has 0 saturated carbocycles. The van der Waals surface area contributed by atoms with E-state index in [2.05, 4.69) is 20.1 Å². The van der Waals surface area contributed by atoms with Gasteiger partial charge in [-0.2, -0.15) is 0 Å². The number of amides is 1. The molecule has 1 fully saturated rings. The van der Waals surface area contributed by atoms with Crippen LogP contribution in [0, 0.1) is 6.92 Å². The van der Waals surface area contributed by atoms with Crippen LogP contribution in [0.5, 0.6) is 0 Å². The molecule has 1 amide bonds. The van der Waals surface area contributed by atoms with Gasteiger partial charge < -0.3 is 20.1 Å². The number of anilines is 2. The summed E-state index contributed by atoms with van der Waals surface area (Å²) in [6.07, 6.45) is 1.19. The summed E-state index contributed by atoms with van der Waals surface area (Å²) in [5, 5.41) is 13.2. The molecule has 0 bridgehead atoms. The molecule has 4 rings (SSSR count). The largest absolute Gasteiger partial charge is 0.389 e. The molecule has 0 radical (unpaired) electrons. The molecule has 2 heterocycles. The smallest absolute Gasteiger partial charge is 0.255 e. The molecule has 1 aliphatic rings. The molecule has 178 valence electrons. The zero-order valence-corrected chi connectivity index (χ0v) is 19.6. The number of nitrogens with zero attached hydrogens (tertiary/aromatic N) is 3. The zero-order chi connectivity index (χ0) is 23.8. The number of carbonyl (C=O) groups excluding carboxylic acids is 1. The lowest BCUT2D eigenvalue weighted by Gasteiger charge is -2.36. The van der Waals surface area contributed by atoms with Crippen molar-refractivity contribution in [3.05, 3.63) is 89.6 Å². The summed E-state index contributed by atoms with van der Waals surface area (Å²) < 4.78 is 5.66. The van der Waals surface area contributed by atoms with E-state index in [1.165, 1.54) is 0 Å². The summed E-state index contributed by atoms with van der Waals surface area (Å²) >= 11 is 0. The first-order chi connectivity index (χ1) is 16.6. The van der Waals surface area contributed by atoms with Gasteiger partial charge >= 0.3 is 0 Å². The van der Waals surface area contributed by atoms with Crippen LogP contribution >= 0.6 is 0 Å². The maximum Gasteiger partial charge on any atom is 0.255 e. The Bertz CT molecular complexity index is 1030. The maximum absolute atomic E-state index is 12.4. The van der Waals surface area contributed by atoms with E-state index in [1.54, 1.807) is 6.20 Å². The SMILES string of the molecule is Cc1ccc(C(=O)Nc2ccc(N3CCN(CC(O)COCc4ccccc4)CC3)nc2)cc1. The van der Waals surface area contributed by atoms with Gasteiger partial charge in [-0.05, 0) is 36.8 Å². The van der Waals surface area contributed by atoms with Gasteiger partial charge in [0.15, 0.2) is 0 Å². The number of aromatic nitrogens is 1. The van der Waals surface area contributed by atoms with E-state index < -0.39 is 6.10 Å². The monoisotopic (exact) mass is 460 g/mol. The molecule has 34 heavy (non-hydrogen) atoms. The molecule has 2 aromatic carbocycles. The molecule has 7 nitrogen and oxygen atoms in total. The minimum atomic E-state index is -0.509. The van der Waals surface area contributed by atoms with Gasteiger partial charge in [0.05, 0.1) is 31.2 Å². The predicted molar refractivity (Wildman–Crippen MR) is 134 cm³/mol. The Morgan fingerprint density at radius 1 is 1.03 bits per heavy atom. The quantitative estimate of drug-likeness (QED) is 0.510.